The zero-order valence-corrected chi connectivity index (χ0v) is 15.8. The van der Waals surface area contributed by atoms with Gasteiger partial charge in [0.05, 0.1) is 24.3 Å². The molecule has 1 amide bonds. The van der Waals surface area contributed by atoms with Crippen molar-refractivity contribution in [2.45, 2.75) is 31.3 Å². The van der Waals surface area contributed by atoms with Crippen LogP contribution in [-0.2, 0) is 9.63 Å². The van der Waals surface area contributed by atoms with Crippen molar-refractivity contribution in [3.05, 3.63) is 64.4 Å². The second-order valence-corrected chi connectivity index (χ2v) is 7.64. The Balaban J connectivity index is 1.36. The van der Waals surface area contributed by atoms with Crippen LogP contribution in [0.2, 0.25) is 5.02 Å². The minimum absolute atomic E-state index is 0.0209. The number of carbonyl (C=O) groups is 1. The van der Waals surface area contributed by atoms with Crippen LogP contribution in [0.5, 0.6) is 0 Å². The Morgan fingerprint density at radius 1 is 1.25 bits per heavy atom. The zero-order chi connectivity index (χ0) is 19.7. The normalized spacial score (nSPS) is 23.8. The van der Waals surface area contributed by atoms with Gasteiger partial charge in [0.25, 0.3) is 0 Å². The Hall–Kier alpha value is -2.62. The summed E-state index contributed by atoms with van der Waals surface area (Å²) in [5, 5.41) is 14.3. The number of hydroxylamine groups is 2. The van der Waals surface area contributed by atoms with Crippen molar-refractivity contribution in [1.29, 1.82) is 5.26 Å². The third-order valence-electron chi connectivity index (χ3n) is 5.26. The first-order valence-corrected chi connectivity index (χ1v) is 9.60. The van der Waals surface area contributed by atoms with Crippen LogP contribution in [0.15, 0.2) is 42.5 Å². The Bertz CT molecular complexity index is 922. The number of nitriles is 1. The predicted molar refractivity (Wildman–Crippen MR) is 103 cm³/mol. The second kappa shape index (κ2) is 7.78. The van der Waals surface area contributed by atoms with Gasteiger partial charge >= 0.3 is 0 Å². The molecule has 1 aliphatic heterocycles. The minimum atomic E-state index is -0.454. The Morgan fingerprint density at radius 2 is 2.00 bits per heavy atom. The van der Waals surface area contributed by atoms with E-state index < -0.39 is 5.82 Å². The first-order chi connectivity index (χ1) is 13.5. The highest BCUT2D eigenvalue weighted by Gasteiger charge is 2.41. The summed E-state index contributed by atoms with van der Waals surface area (Å²) in [6.07, 6.45) is 2.04. The SMILES string of the molecule is N#Cc1cc(F)cc(NC2CC(C(=O)N3OCC[C@H]3c3ccc(Cl)cc3)C2)c1. The van der Waals surface area contributed by atoms with Gasteiger partial charge in [-0.15, -0.1) is 0 Å². The molecule has 2 aliphatic rings. The zero-order valence-electron chi connectivity index (χ0n) is 15.1. The average molecular weight is 400 g/mol. The van der Waals surface area contributed by atoms with Gasteiger partial charge in [-0.05, 0) is 48.7 Å². The molecule has 2 fully saturated rings. The summed E-state index contributed by atoms with van der Waals surface area (Å²) in [6, 6.07) is 13.5. The third kappa shape index (κ3) is 3.82. The maximum atomic E-state index is 13.5. The minimum Gasteiger partial charge on any atom is -0.382 e. The number of benzene rings is 2. The number of nitrogens with zero attached hydrogens (tertiary/aromatic N) is 2. The van der Waals surface area contributed by atoms with E-state index in [9.17, 15) is 9.18 Å². The summed E-state index contributed by atoms with van der Waals surface area (Å²) in [4.78, 5) is 18.5. The van der Waals surface area contributed by atoms with Gasteiger partial charge in [0.2, 0.25) is 5.91 Å². The highest BCUT2D eigenvalue weighted by Crippen LogP contribution is 2.37. The van der Waals surface area contributed by atoms with E-state index in [1.165, 1.54) is 17.2 Å². The fourth-order valence-electron chi connectivity index (χ4n) is 3.76. The molecule has 2 aromatic carbocycles. The van der Waals surface area contributed by atoms with E-state index in [0.29, 0.717) is 30.2 Å². The van der Waals surface area contributed by atoms with Gasteiger partial charge in [0.15, 0.2) is 0 Å². The Morgan fingerprint density at radius 3 is 2.71 bits per heavy atom. The Labute approximate surface area is 167 Å². The number of nitrogens with one attached hydrogen (secondary N) is 1. The van der Waals surface area contributed by atoms with Crippen LogP contribution in [0.3, 0.4) is 0 Å². The molecule has 144 valence electrons. The molecule has 28 heavy (non-hydrogen) atoms. The van der Waals surface area contributed by atoms with E-state index >= 15 is 0 Å². The van der Waals surface area contributed by atoms with Gasteiger partial charge in [-0.1, -0.05) is 23.7 Å². The van der Waals surface area contributed by atoms with Crippen molar-refractivity contribution in [1.82, 2.24) is 5.06 Å². The van der Waals surface area contributed by atoms with Gasteiger partial charge in [0.1, 0.15) is 5.82 Å². The van der Waals surface area contributed by atoms with Crippen LogP contribution in [-0.4, -0.2) is 23.6 Å². The molecule has 1 aliphatic carbocycles. The van der Waals surface area contributed by atoms with Crippen LogP contribution in [0.1, 0.15) is 36.4 Å². The molecule has 4 rings (SSSR count). The van der Waals surface area contributed by atoms with Gasteiger partial charge in [-0.25, -0.2) is 9.45 Å². The van der Waals surface area contributed by atoms with Gasteiger partial charge in [0, 0.05) is 29.1 Å². The number of anilines is 1. The van der Waals surface area contributed by atoms with Gasteiger partial charge in [-0.3, -0.25) is 9.63 Å². The molecule has 0 spiro atoms. The quantitative estimate of drug-likeness (QED) is 0.825. The predicted octanol–water partition coefficient (Wildman–Crippen LogP) is 4.45. The number of rotatable bonds is 4. The molecule has 1 saturated carbocycles. The first-order valence-electron chi connectivity index (χ1n) is 9.22. The maximum absolute atomic E-state index is 13.5. The number of carbonyl (C=O) groups excluding carboxylic acids is 1. The molecular formula is C21H19ClFN3O2. The van der Waals surface area contributed by atoms with E-state index in [1.807, 2.05) is 30.3 Å². The van der Waals surface area contributed by atoms with Crippen molar-refractivity contribution in [3.63, 3.8) is 0 Å². The fraction of sp³-hybridized carbons (Fsp3) is 0.333. The number of hydrogen-bond acceptors (Lipinski definition) is 4. The van der Waals surface area contributed by atoms with Crippen molar-refractivity contribution < 1.29 is 14.0 Å². The van der Waals surface area contributed by atoms with Crippen LogP contribution in [0.25, 0.3) is 0 Å². The molecule has 1 atom stereocenters. The van der Waals surface area contributed by atoms with E-state index in [2.05, 4.69) is 5.32 Å². The lowest BCUT2D eigenvalue weighted by Crippen LogP contribution is -2.45. The largest absolute Gasteiger partial charge is 0.382 e. The molecule has 0 aromatic heterocycles. The monoisotopic (exact) mass is 399 g/mol. The molecule has 1 saturated heterocycles. The van der Waals surface area contributed by atoms with Crippen molar-refractivity contribution in [2.24, 2.45) is 5.92 Å². The van der Waals surface area contributed by atoms with Crippen molar-refractivity contribution in [2.75, 3.05) is 11.9 Å². The highest BCUT2D eigenvalue weighted by molar-refractivity contribution is 6.30. The van der Waals surface area contributed by atoms with Crippen molar-refractivity contribution in [3.8, 4) is 6.07 Å². The molecule has 5 nitrogen and oxygen atoms in total. The van der Waals surface area contributed by atoms with E-state index in [4.69, 9.17) is 21.7 Å². The Kier molecular flexibility index (Phi) is 5.21. The van der Waals surface area contributed by atoms with Crippen LogP contribution in [0.4, 0.5) is 10.1 Å². The number of amides is 1. The molecule has 2 aromatic rings. The van der Waals surface area contributed by atoms with Gasteiger partial charge < -0.3 is 5.32 Å². The first kappa shape index (κ1) is 18.7. The summed E-state index contributed by atoms with van der Waals surface area (Å²) < 4.78 is 13.5. The lowest BCUT2D eigenvalue weighted by molar-refractivity contribution is -0.184. The molecule has 7 heteroatoms. The topological polar surface area (TPSA) is 65.4 Å². The second-order valence-electron chi connectivity index (χ2n) is 7.20. The average Bonchev–Trinajstić information content (AvgIpc) is 3.13. The summed E-state index contributed by atoms with van der Waals surface area (Å²) in [5.74, 6) is -0.605. The maximum Gasteiger partial charge on any atom is 0.249 e. The van der Waals surface area contributed by atoms with Crippen molar-refractivity contribution >= 4 is 23.2 Å². The van der Waals surface area contributed by atoms with E-state index in [0.717, 1.165) is 12.0 Å². The molecular weight excluding hydrogens is 381 g/mol. The van der Waals surface area contributed by atoms with E-state index in [1.54, 1.807) is 6.07 Å². The van der Waals surface area contributed by atoms with Crippen LogP contribution >= 0.6 is 11.6 Å². The highest BCUT2D eigenvalue weighted by atomic mass is 35.5. The summed E-state index contributed by atoms with van der Waals surface area (Å²) in [7, 11) is 0. The molecule has 1 N–H and O–H groups in total. The summed E-state index contributed by atoms with van der Waals surface area (Å²) in [5.41, 5.74) is 1.84. The van der Waals surface area contributed by atoms with Gasteiger partial charge in [-0.2, -0.15) is 5.26 Å². The summed E-state index contributed by atoms with van der Waals surface area (Å²) in [6.45, 7) is 0.508. The standard InChI is InChI=1S/C21H19ClFN3O2/c22-16-3-1-14(2-4-16)20-5-6-28-26(20)21(27)15-9-19(10-15)25-18-8-13(12-24)7-17(23)11-18/h1-4,7-8,11,15,19-20,25H,5-6,9-10H2/t15?,19?,20-/m0/s1. The molecule has 1 heterocycles. The lowest BCUT2D eigenvalue weighted by Gasteiger charge is -2.38. The third-order valence-corrected chi connectivity index (χ3v) is 5.51. The van der Waals surface area contributed by atoms with Crippen LogP contribution in [0, 0.1) is 23.1 Å². The van der Waals surface area contributed by atoms with Crippen LogP contribution < -0.4 is 5.32 Å². The summed E-state index contributed by atoms with van der Waals surface area (Å²) >= 11 is 5.95. The molecule has 0 radical (unpaired) electrons. The number of hydrogen-bond donors (Lipinski definition) is 1. The molecule has 0 unspecified atom stereocenters. The van der Waals surface area contributed by atoms with E-state index in [-0.39, 0.29) is 29.5 Å². The fourth-order valence-corrected chi connectivity index (χ4v) is 3.89. The number of halogens is 2. The smallest absolute Gasteiger partial charge is 0.249 e. The molecule has 0 bridgehead atoms. The lowest BCUT2D eigenvalue weighted by atomic mass is 9.79.